The molecule has 3 saturated heterocycles. The number of carbonyl (C=O) groups excluding carboxylic acids is 3. The summed E-state index contributed by atoms with van der Waals surface area (Å²) in [5.41, 5.74) is 0.804. The number of hydrogen-bond donors (Lipinski definition) is 0. The number of carbonyl (C=O) groups is 3. The molecule has 2 atom stereocenters. The van der Waals surface area contributed by atoms with Crippen molar-refractivity contribution in [3.05, 3.63) is 54.1 Å². The van der Waals surface area contributed by atoms with Crippen LogP contribution in [0.5, 0.6) is 0 Å². The molecule has 7 heteroatoms. The van der Waals surface area contributed by atoms with Crippen LogP contribution in [-0.4, -0.2) is 62.6 Å². The number of aromatic nitrogens is 2. The smallest absolute Gasteiger partial charge is 0.296 e. The first-order valence-corrected chi connectivity index (χ1v) is 9.21. The second-order valence-electron chi connectivity index (χ2n) is 7.31. The van der Waals surface area contributed by atoms with E-state index >= 15 is 0 Å². The second-order valence-corrected chi connectivity index (χ2v) is 7.31. The van der Waals surface area contributed by atoms with Crippen molar-refractivity contribution in [2.75, 3.05) is 19.6 Å². The quantitative estimate of drug-likeness (QED) is 0.607. The van der Waals surface area contributed by atoms with Gasteiger partial charge in [-0.1, -0.05) is 6.07 Å². The number of amides is 2. The van der Waals surface area contributed by atoms with Crippen LogP contribution < -0.4 is 0 Å². The summed E-state index contributed by atoms with van der Waals surface area (Å²) in [6.07, 6.45) is 5.12. The number of pyridine rings is 1. The van der Waals surface area contributed by atoms with E-state index in [1.54, 1.807) is 64.1 Å². The van der Waals surface area contributed by atoms with E-state index < -0.39 is 11.7 Å². The Morgan fingerprint density at radius 1 is 1.04 bits per heavy atom. The summed E-state index contributed by atoms with van der Waals surface area (Å²) < 4.78 is 1.66. The van der Waals surface area contributed by atoms with E-state index in [0.29, 0.717) is 31.0 Å². The molecule has 5 heterocycles. The summed E-state index contributed by atoms with van der Waals surface area (Å²) in [5.74, 6) is -0.895. The summed E-state index contributed by atoms with van der Waals surface area (Å²) in [7, 11) is 1.75. The maximum Gasteiger partial charge on any atom is 0.296 e. The van der Waals surface area contributed by atoms with Crippen LogP contribution >= 0.6 is 0 Å². The molecule has 0 unspecified atom stereocenters. The lowest BCUT2D eigenvalue weighted by molar-refractivity contribution is -0.130. The van der Waals surface area contributed by atoms with Crippen LogP contribution in [-0.2, 0) is 11.8 Å². The zero-order valence-corrected chi connectivity index (χ0v) is 15.2. The molecule has 0 spiro atoms. The third-order valence-electron chi connectivity index (χ3n) is 5.52. The number of hydrogen-bond acceptors (Lipinski definition) is 4. The zero-order valence-electron chi connectivity index (χ0n) is 15.2. The molecule has 3 fully saturated rings. The third kappa shape index (κ3) is 3.25. The molecule has 0 N–H and O–H groups in total. The first kappa shape index (κ1) is 17.5. The fraction of sp³-hybridized carbons (Fsp3) is 0.400. The molecule has 0 aliphatic carbocycles. The van der Waals surface area contributed by atoms with E-state index in [0.717, 1.165) is 12.8 Å². The van der Waals surface area contributed by atoms with Gasteiger partial charge in [-0.05, 0) is 43.0 Å². The van der Waals surface area contributed by atoms with E-state index in [-0.39, 0.29) is 17.9 Å². The number of ketones is 1. The number of fused-ring (bicyclic) bond motifs is 4. The molecule has 3 aliphatic heterocycles. The second kappa shape index (κ2) is 6.98. The summed E-state index contributed by atoms with van der Waals surface area (Å²) in [4.78, 5) is 45.9. The van der Waals surface area contributed by atoms with Crippen LogP contribution in [0.15, 0.2) is 42.7 Å². The van der Waals surface area contributed by atoms with Crippen molar-refractivity contribution in [1.82, 2.24) is 19.4 Å². The molecular formula is C20H22N4O3. The highest BCUT2D eigenvalue weighted by atomic mass is 16.2. The summed E-state index contributed by atoms with van der Waals surface area (Å²) >= 11 is 0. The van der Waals surface area contributed by atoms with Gasteiger partial charge in [0.25, 0.3) is 17.6 Å². The Morgan fingerprint density at radius 3 is 2.59 bits per heavy atom. The first-order valence-electron chi connectivity index (χ1n) is 9.21. The molecule has 0 saturated carbocycles. The minimum absolute atomic E-state index is 0.115. The Morgan fingerprint density at radius 2 is 1.89 bits per heavy atom. The highest BCUT2D eigenvalue weighted by Crippen LogP contribution is 2.29. The Balaban J connectivity index is 1.53. The fourth-order valence-corrected chi connectivity index (χ4v) is 4.08. The van der Waals surface area contributed by atoms with Crippen molar-refractivity contribution in [3.63, 3.8) is 0 Å². The average molecular weight is 366 g/mol. The molecular weight excluding hydrogens is 344 g/mol. The monoisotopic (exact) mass is 366 g/mol. The van der Waals surface area contributed by atoms with E-state index in [4.69, 9.17) is 0 Å². The van der Waals surface area contributed by atoms with Crippen LogP contribution in [0.25, 0.3) is 0 Å². The lowest BCUT2D eigenvalue weighted by Crippen LogP contribution is -2.50. The maximum atomic E-state index is 12.9. The molecule has 3 aliphatic rings. The minimum Gasteiger partial charge on any atom is -0.348 e. The SMILES string of the molecule is Cn1cccc1C(=O)C(=O)N1C[C@H]2CC[C@@H]1CN(C(=O)c1ccccn1)C2. The van der Waals surface area contributed by atoms with Crippen LogP contribution in [0.1, 0.15) is 33.8 Å². The third-order valence-corrected chi connectivity index (χ3v) is 5.52. The lowest BCUT2D eigenvalue weighted by Gasteiger charge is -2.35. The average Bonchev–Trinajstić information content (AvgIpc) is 2.92. The van der Waals surface area contributed by atoms with Crippen molar-refractivity contribution < 1.29 is 14.4 Å². The van der Waals surface area contributed by atoms with Gasteiger partial charge in [-0.25, -0.2) is 0 Å². The molecule has 2 aromatic heterocycles. The highest BCUT2D eigenvalue weighted by molar-refractivity contribution is 6.42. The van der Waals surface area contributed by atoms with Crippen LogP contribution in [0, 0.1) is 5.92 Å². The normalized spacial score (nSPS) is 21.8. The van der Waals surface area contributed by atoms with Gasteiger partial charge >= 0.3 is 0 Å². The van der Waals surface area contributed by atoms with Gasteiger partial charge in [-0.3, -0.25) is 19.4 Å². The molecule has 5 rings (SSSR count). The summed E-state index contributed by atoms with van der Waals surface area (Å²) in [5, 5.41) is 0. The molecule has 0 radical (unpaired) electrons. The zero-order chi connectivity index (χ0) is 19.0. The van der Waals surface area contributed by atoms with Gasteiger partial charge in [0.1, 0.15) is 5.69 Å². The largest absolute Gasteiger partial charge is 0.348 e. The molecule has 140 valence electrons. The van der Waals surface area contributed by atoms with Crippen LogP contribution in [0.2, 0.25) is 0 Å². The number of rotatable bonds is 3. The van der Waals surface area contributed by atoms with E-state index in [1.165, 1.54) is 0 Å². The Kier molecular flexibility index (Phi) is 4.51. The predicted molar refractivity (Wildman–Crippen MR) is 98.1 cm³/mol. The minimum atomic E-state index is -0.488. The molecule has 2 bridgehead atoms. The van der Waals surface area contributed by atoms with E-state index in [1.807, 2.05) is 0 Å². The summed E-state index contributed by atoms with van der Waals surface area (Å²) in [6, 6.07) is 8.56. The first-order chi connectivity index (χ1) is 13.0. The van der Waals surface area contributed by atoms with E-state index in [9.17, 15) is 14.4 Å². The molecule has 7 nitrogen and oxygen atoms in total. The highest BCUT2D eigenvalue weighted by Gasteiger charge is 2.41. The van der Waals surface area contributed by atoms with Crippen molar-refractivity contribution in [3.8, 4) is 0 Å². The van der Waals surface area contributed by atoms with E-state index in [2.05, 4.69) is 4.98 Å². The number of Topliss-reactive ketones (excluding diaryl/α,β-unsaturated/α-hetero) is 1. The topological polar surface area (TPSA) is 75.5 Å². The van der Waals surface area contributed by atoms with Crippen molar-refractivity contribution in [2.24, 2.45) is 13.0 Å². The van der Waals surface area contributed by atoms with Crippen molar-refractivity contribution in [2.45, 2.75) is 18.9 Å². The predicted octanol–water partition coefficient (Wildman–Crippen LogP) is 1.37. The lowest BCUT2D eigenvalue weighted by atomic mass is 9.94. The maximum absolute atomic E-state index is 12.9. The fourth-order valence-electron chi connectivity index (χ4n) is 4.08. The summed E-state index contributed by atoms with van der Waals surface area (Å²) in [6.45, 7) is 1.55. The van der Waals surface area contributed by atoms with Gasteiger partial charge in [-0.15, -0.1) is 0 Å². The van der Waals surface area contributed by atoms with Gasteiger partial charge in [0.05, 0.1) is 5.69 Å². The van der Waals surface area contributed by atoms with Gasteiger partial charge in [0.2, 0.25) is 0 Å². The molecule has 2 aromatic rings. The Labute approximate surface area is 157 Å². The van der Waals surface area contributed by atoms with Crippen LogP contribution in [0.4, 0.5) is 0 Å². The number of aryl methyl sites for hydroxylation is 1. The van der Waals surface area contributed by atoms with Gasteiger partial charge in [0, 0.05) is 45.1 Å². The van der Waals surface area contributed by atoms with Gasteiger partial charge in [0.15, 0.2) is 0 Å². The van der Waals surface area contributed by atoms with Gasteiger partial charge in [-0.2, -0.15) is 0 Å². The Bertz CT molecular complexity index is 876. The van der Waals surface area contributed by atoms with Crippen LogP contribution in [0.3, 0.4) is 0 Å². The molecule has 0 aromatic carbocycles. The van der Waals surface area contributed by atoms with Gasteiger partial charge < -0.3 is 14.4 Å². The number of piperidine rings is 1. The standard InChI is InChI=1S/C20H22N4O3/c1-22-10-4-6-17(22)18(25)20(27)24-12-14-7-8-15(24)13-23(11-14)19(26)16-5-2-3-9-21-16/h2-6,9-10,14-15H,7-8,11-13H2,1H3/t14-,15+/m0/s1. The number of nitrogens with zero attached hydrogens (tertiary/aromatic N) is 4. The molecule has 27 heavy (non-hydrogen) atoms. The Hall–Kier alpha value is -2.96. The molecule has 2 amide bonds. The van der Waals surface area contributed by atoms with Crippen molar-refractivity contribution >= 4 is 17.6 Å². The van der Waals surface area contributed by atoms with Crippen molar-refractivity contribution in [1.29, 1.82) is 0 Å².